The van der Waals surface area contributed by atoms with Crippen molar-refractivity contribution in [2.75, 3.05) is 0 Å². The van der Waals surface area contributed by atoms with Crippen LogP contribution >= 0.6 is 11.6 Å². The first-order valence-corrected chi connectivity index (χ1v) is 3.89. The topological polar surface area (TPSA) is 69.1 Å². The van der Waals surface area contributed by atoms with Gasteiger partial charge < -0.3 is 10.2 Å². The Kier molecular flexibility index (Phi) is 1.70. The highest BCUT2D eigenvalue weighted by atomic mass is 35.5. The van der Waals surface area contributed by atoms with Crippen molar-refractivity contribution in [3.05, 3.63) is 29.2 Å². The fourth-order valence-electron chi connectivity index (χ4n) is 1.04. The number of carbonyl (C=O) groups excluding carboxylic acids is 1. The molecule has 0 unspecified atom stereocenters. The van der Waals surface area contributed by atoms with Crippen molar-refractivity contribution in [1.29, 1.82) is 0 Å². The van der Waals surface area contributed by atoms with Gasteiger partial charge in [0.25, 0.3) is 5.91 Å². The average Bonchev–Trinajstić information content (AvgIpc) is 2.46. The number of hydrogen-bond acceptors (Lipinski definition) is 3. The van der Waals surface area contributed by atoms with E-state index in [4.69, 9.17) is 21.8 Å². The molecule has 2 aromatic rings. The van der Waals surface area contributed by atoms with E-state index in [1.807, 2.05) is 0 Å². The summed E-state index contributed by atoms with van der Waals surface area (Å²) >= 11 is 5.64. The van der Waals surface area contributed by atoms with Gasteiger partial charge in [0, 0.05) is 5.39 Å². The summed E-state index contributed by atoms with van der Waals surface area (Å²) < 4.78 is 5.09. The van der Waals surface area contributed by atoms with E-state index in [0.29, 0.717) is 16.1 Å². The molecule has 0 saturated carbocycles. The average molecular weight is 197 g/mol. The monoisotopic (exact) mass is 196 g/mol. The molecular weight excluding hydrogens is 192 g/mol. The molecule has 4 nitrogen and oxygen atoms in total. The minimum absolute atomic E-state index is 0.110. The number of halogens is 1. The molecule has 5 heteroatoms. The van der Waals surface area contributed by atoms with E-state index >= 15 is 0 Å². The quantitative estimate of drug-likeness (QED) is 0.704. The summed E-state index contributed by atoms with van der Waals surface area (Å²) in [5.41, 5.74) is 5.53. The molecule has 0 aliphatic heterocycles. The Morgan fingerprint density at radius 3 is 3.00 bits per heavy atom. The first kappa shape index (κ1) is 8.07. The molecule has 0 radical (unpaired) electrons. The van der Waals surface area contributed by atoms with Gasteiger partial charge in [-0.2, -0.15) is 0 Å². The van der Waals surface area contributed by atoms with Gasteiger partial charge in [-0.25, -0.2) is 4.98 Å². The summed E-state index contributed by atoms with van der Waals surface area (Å²) in [6, 6.07) is 3.14. The summed E-state index contributed by atoms with van der Waals surface area (Å²) in [6.07, 6.45) is 1.45. The van der Waals surface area contributed by atoms with E-state index in [2.05, 4.69) is 4.98 Å². The van der Waals surface area contributed by atoms with Crippen LogP contribution < -0.4 is 5.73 Å². The van der Waals surface area contributed by atoms with Crippen molar-refractivity contribution in [1.82, 2.24) is 4.98 Å². The van der Waals surface area contributed by atoms with Crippen LogP contribution in [-0.4, -0.2) is 10.9 Å². The lowest BCUT2D eigenvalue weighted by atomic mass is 10.3. The van der Waals surface area contributed by atoms with E-state index in [9.17, 15) is 4.79 Å². The fraction of sp³-hybridized carbons (Fsp3) is 0. The second-order valence-corrected chi connectivity index (χ2v) is 2.91. The zero-order chi connectivity index (χ0) is 9.42. The van der Waals surface area contributed by atoms with Crippen molar-refractivity contribution >= 4 is 28.5 Å². The maximum absolute atomic E-state index is 10.7. The van der Waals surface area contributed by atoms with Crippen LogP contribution in [0.5, 0.6) is 0 Å². The normalized spacial score (nSPS) is 10.5. The molecule has 1 amide bonds. The minimum Gasteiger partial charge on any atom is -0.449 e. The third-order valence-electron chi connectivity index (χ3n) is 1.61. The first-order valence-electron chi connectivity index (χ1n) is 3.52. The number of nitrogens with zero attached hydrogens (tertiary/aromatic N) is 1. The van der Waals surface area contributed by atoms with Crippen LogP contribution in [0.25, 0.3) is 11.0 Å². The lowest BCUT2D eigenvalue weighted by Crippen LogP contribution is -2.08. The molecule has 0 saturated heterocycles. The summed E-state index contributed by atoms with van der Waals surface area (Å²) in [4.78, 5) is 14.5. The van der Waals surface area contributed by atoms with Crippen LogP contribution in [0.15, 0.2) is 22.7 Å². The van der Waals surface area contributed by atoms with Crippen LogP contribution in [0.3, 0.4) is 0 Å². The van der Waals surface area contributed by atoms with E-state index in [1.165, 1.54) is 12.3 Å². The second kappa shape index (κ2) is 2.74. The number of aromatic nitrogens is 1. The van der Waals surface area contributed by atoms with Crippen molar-refractivity contribution in [2.45, 2.75) is 0 Å². The lowest BCUT2D eigenvalue weighted by Gasteiger charge is -1.86. The molecule has 0 bridgehead atoms. The SMILES string of the molecule is NC(=O)c1cc2cc(Cl)ncc2o1. The van der Waals surface area contributed by atoms with Gasteiger partial charge in [-0.05, 0) is 12.1 Å². The molecule has 0 aliphatic carbocycles. The molecule has 2 heterocycles. The highest BCUT2D eigenvalue weighted by Crippen LogP contribution is 2.20. The molecule has 66 valence electrons. The molecule has 2 aromatic heterocycles. The Bertz CT molecular complexity index is 478. The Hall–Kier alpha value is -1.55. The van der Waals surface area contributed by atoms with Crippen molar-refractivity contribution in [3.8, 4) is 0 Å². The number of carbonyl (C=O) groups is 1. The number of hydrogen-bond donors (Lipinski definition) is 1. The third-order valence-corrected chi connectivity index (χ3v) is 1.82. The second-order valence-electron chi connectivity index (χ2n) is 2.52. The van der Waals surface area contributed by atoms with E-state index in [0.717, 1.165) is 0 Å². The van der Waals surface area contributed by atoms with Gasteiger partial charge in [-0.1, -0.05) is 11.6 Å². The van der Waals surface area contributed by atoms with Gasteiger partial charge in [0.15, 0.2) is 11.3 Å². The Morgan fingerprint density at radius 1 is 1.54 bits per heavy atom. The summed E-state index contributed by atoms with van der Waals surface area (Å²) in [5.74, 6) is -0.494. The molecule has 2 N–H and O–H groups in total. The Balaban J connectivity index is 2.68. The standard InChI is InChI=1S/C8H5ClN2O2/c9-7-2-4-1-5(8(10)12)13-6(4)3-11-7/h1-3H,(H2,10,12). The van der Waals surface area contributed by atoms with Gasteiger partial charge in [-0.3, -0.25) is 4.79 Å². The molecule has 0 aliphatic rings. The molecule has 13 heavy (non-hydrogen) atoms. The highest BCUT2D eigenvalue weighted by molar-refractivity contribution is 6.30. The lowest BCUT2D eigenvalue weighted by molar-refractivity contribution is 0.0976. The Labute approximate surface area is 78.3 Å². The molecule has 0 atom stereocenters. The molecule has 0 aromatic carbocycles. The van der Waals surface area contributed by atoms with Crippen LogP contribution in [0.4, 0.5) is 0 Å². The number of pyridine rings is 1. The van der Waals surface area contributed by atoms with E-state index in [1.54, 1.807) is 6.07 Å². The molecular formula is C8H5ClN2O2. The highest BCUT2D eigenvalue weighted by Gasteiger charge is 2.08. The predicted molar refractivity (Wildman–Crippen MR) is 47.5 cm³/mol. The van der Waals surface area contributed by atoms with Gasteiger partial charge in [0.1, 0.15) is 5.15 Å². The van der Waals surface area contributed by atoms with Gasteiger partial charge >= 0.3 is 0 Å². The zero-order valence-electron chi connectivity index (χ0n) is 6.45. The number of furan rings is 1. The Morgan fingerprint density at radius 2 is 2.31 bits per heavy atom. The molecule has 0 fully saturated rings. The number of amides is 1. The summed E-state index contributed by atoms with van der Waals surface area (Å²) in [7, 11) is 0. The predicted octanol–water partition coefficient (Wildman–Crippen LogP) is 1.58. The first-order chi connectivity index (χ1) is 6.16. The van der Waals surface area contributed by atoms with Crippen molar-refractivity contribution in [3.63, 3.8) is 0 Å². The van der Waals surface area contributed by atoms with Crippen LogP contribution in [0.2, 0.25) is 5.15 Å². The van der Waals surface area contributed by atoms with Crippen LogP contribution in [0, 0.1) is 0 Å². The number of fused-ring (bicyclic) bond motifs is 1. The maximum Gasteiger partial charge on any atom is 0.284 e. The largest absolute Gasteiger partial charge is 0.449 e. The van der Waals surface area contributed by atoms with Gasteiger partial charge in [0.2, 0.25) is 0 Å². The maximum atomic E-state index is 10.7. The van der Waals surface area contributed by atoms with Crippen molar-refractivity contribution in [2.24, 2.45) is 5.73 Å². The summed E-state index contributed by atoms with van der Waals surface area (Å²) in [6.45, 7) is 0. The van der Waals surface area contributed by atoms with Crippen LogP contribution in [0.1, 0.15) is 10.6 Å². The summed E-state index contributed by atoms with van der Waals surface area (Å²) in [5, 5.41) is 1.07. The number of nitrogens with two attached hydrogens (primary N) is 1. The van der Waals surface area contributed by atoms with Gasteiger partial charge in [0.05, 0.1) is 6.20 Å². The van der Waals surface area contributed by atoms with E-state index < -0.39 is 5.91 Å². The molecule has 0 spiro atoms. The number of rotatable bonds is 1. The number of primary amides is 1. The smallest absolute Gasteiger partial charge is 0.284 e. The minimum atomic E-state index is -0.604. The fourth-order valence-corrected chi connectivity index (χ4v) is 1.21. The molecule has 2 rings (SSSR count). The third kappa shape index (κ3) is 1.36. The zero-order valence-corrected chi connectivity index (χ0v) is 7.21. The van der Waals surface area contributed by atoms with Crippen LogP contribution in [-0.2, 0) is 0 Å². The van der Waals surface area contributed by atoms with Crippen molar-refractivity contribution < 1.29 is 9.21 Å². The van der Waals surface area contributed by atoms with E-state index in [-0.39, 0.29) is 5.76 Å². The van der Waals surface area contributed by atoms with Gasteiger partial charge in [-0.15, -0.1) is 0 Å².